The molecule has 1 unspecified atom stereocenters. The van der Waals surface area contributed by atoms with Crippen LogP contribution in [0.5, 0.6) is 0 Å². The van der Waals surface area contributed by atoms with Crippen LogP contribution in [-0.4, -0.2) is 11.5 Å². The summed E-state index contributed by atoms with van der Waals surface area (Å²) in [6, 6.07) is 4.46. The third-order valence-corrected chi connectivity index (χ3v) is 3.26. The van der Waals surface area contributed by atoms with Gasteiger partial charge in [-0.25, -0.2) is 4.98 Å². The second-order valence-electron chi connectivity index (χ2n) is 4.96. The van der Waals surface area contributed by atoms with Gasteiger partial charge in [0.15, 0.2) is 0 Å². The lowest BCUT2D eigenvalue weighted by Crippen LogP contribution is -2.21. The Kier molecular flexibility index (Phi) is 3.81. The van der Waals surface area contributed by atoms with Gasteiger partial charge in [0.05, 0.1) is 0 Å². The van der Waals surface area contributed by atoms with E-state index in [1.165, 1.54) is 36.9 Å². The Hall–Kier alpha value is -1.05. The monoisotopic (exact) mass is 218 g/mol. The number of nitrogens with zero attached hydrogens (tertiary/aromatic N) is 1. The van der Waals surface area contributed by atoms with E-state index in [1.54, 1.807) is 0 Å². The van der Waals surface area contributed by atoms with E-state index in [4.69, 9.17) is 4.98 Å². The molecule has 0 spiro atoms. The molecule has 0 saturated carbocycles. The van der Waals surface area contributed by atoms with E-state index in [0.29, 0.717) is 0 Å². The lowest BCUT2D eigenvalue weighted by Gasteiger charge is -2.22. The quantitative estimate of drug-likeness (QED) is 0.783. The first-order valence-corrected chi connectivity index (χ1v) is 6.52. The molecule has 2 rings (SSSR count). The number of hydrogen-bond acceptors (Lipinski definition) is 2. The summed E-state index contributed by atoms with van der Waals surface area (Å²) in [7, 11) is 0. The summed E-state index contributed by atoms with van der Waals surface area (Å²) in [5, 5.41) is 3.43. The molecule has 16 heavy (non-hydrogen) atoms. The lowest BCUT2D eigenvalue weighted by atomic mass is 9.97. The maximum Gasteiger partial charge on any atom is 0.129 e. The van der Waals surface area contributed by atoms with E-state index >= 15 is 0 Å². The summed E-state index contributed by atoms with van der Waals surface area (Å²) < 4.78 is 0. The summed E-state index contributed by atoms with van der Waals surface area (Å²) in [6.45, 7) is 5.59. The molecule has 1 aromatic rings. The first kappa shape index (κ1) is 11.4. The fraction of sp³-hybridized carbons (Fsp3) is 0.643. The summed E-state index contributed by atoms with van der Waals surface area (Å²) >= 11 is 0. The van der Waals surface area contributed by atoms with Crippen molar-refractivity contribution in [1.82, 2.24) is 4.98 Å². The number of aryl methyl sites for hydroxylation is 1. The minimum absolute atomic E-state index is 0.736. The maximum atomic E-state index is 4.71. The minimum Gasteiger partial charge on any atom is -0.370 e. The number of unbranched alkanes of at least 4 members (excludes halogenated alkanes) is 2. The van der Waals surface area contributed by atoms with Gasteiger partial charge in [0.1, 0.15) is 5.82 Å². The molecule has 0 aliphatic carbocycles. The van der Waals surface area contributed by atoms with E-state index in [2.05, 4.69) is 31.3 Å². The highest BCUT2D eigenvalue weighted by molar-refractivity contribution is 5.47. The van der Waals surface area contributed by atoms with Crippen molar-refractivity contribution in [3.63, 3.8) is 0 Å². The number of anilines is 1. The van der Waals surface area contributed by atoms with Gasteiger partial charge < -0.3 is 5.32 Å². The van der Waals surface area contributed by atoms with Gasteiger partial charge >= 0.3 is 0 Å². The first-order valence-electron chi connectivity index (χ1n) is 6.52. The third kappa shape index (κ3) is 2.75. The molecule has 0 saturated heterocycles. The number of rotatable bonds is 4. The van der Waals surface area contributed by atoms with Crippen molar-refractivity contribution in [3.05, 3.63) is 23.4 Å². The Labute approximate surface area is 98.5 Å². The van der Waals surface area contributed by atoms with E-state index < -0.39 is 0 Å². The Morgan fingerprint density at radius 2 is 2.25 bits per heavy atom. The molecule has 1 aliphatic rings. The molecule has 1 aromatic heterocycles. The second kappa shape index (κ2) is 5.33. The van der Waals surface area contributed by atoms with Crippen LogP contribution < -0.4 is 5.32 Å². The van der Waals surface area contributed by atoms with Crippen molar-refractivity contribution < 1.29 is 0 Å². The predicted octanol–water partition coefficient (Wildman–Crippen LogP) is 3.42. The van der Waals surface area contributed by atoms with Crippen molar-refractivity contribution in [1.29, 1.82) is 0 Å². The van der Waals surface area contributed by atoms with Crippen LogP contribution in [0.3, 0.4) is 0 Å². The van der Waals surface area contributed by atoms with Gasteiger partial charge in [0.25, 0.3) is 0 Å². The van der Waals surface area contributed by atoms with E-state index in [0.717, 1.165) is 24.7 Å². The highest BCUT2D eigenvalue weighted by Gasteiger charge is 2.15. The second-order valence-corrected chi connectivity index (χ2v) is 4.96. The van der Waals surface area contributed by atoms with E-state index in [1.807, 2.05) is 0 Å². The zero-order valence-electron chi connectivity index (χ0n) is 10.4. The molecule has 1 N–H and O–H groups in total. The molecule has 2 heteroatoms. The largest absolute Gasteiger partial charge is 0.370 e. The van der Waals surface area contributed by atoms with E-state index in [9.17, 15) is 0 Å². The molecular formula is C14H22N2. The lowest BCUT2D eigenvalue weighted by molar-refractivity contribution is 0.589. The Bertz CT molecular complexity index is 347. The number of aromatic nitrogens is 1. The summed E-state index contributed by atoms with van der Waals surface area (Å²) in [5.74, 6) is 1.87. The minimum atomic E-state index is 0.736. The van der Waals surface area contributed by atoms with Gasteiger partial charge in [-0.1, -0.05) is 32.8 Å². The van der Waals surface area contributed by atoms with Crippen molar-refractivity contribution in [3.8, 4) is 0 Å². The fourth-order valence-corrected chi connectivity index (χ4v) is 2.26. The molecule has 1 atom stereocenters. The maximum absolute atomic E-state index is 4.71. The number of fused-ring (bicyclic) bond motifs is 1. The SMILES string of the molecule is CCCCCc1ccc2c(n1)NCC(C)C2. The number of hydrogen-bond donors (Lipinski definition) is 1. The third-order valence-electron chi connectivity index (χ3n) is 3.26. The van der Waals surface area contributed by atoms with E-state index in [-0.39, 0.29) is 0 Å². The molecule has 0 amide bonds. The topological polar surface area (TPSA) is 24.9 Å². The van der Waals surface area contributed by atoms with Crippen LogP contribution in [0.1, 0.15) is 44.4 Å². The van der Waals surface area contributed by atoms with Crippen molar-refractivity contribution in [2.75, 3.05) is 11.9 Å². The van der Waals surface area contributed by atoms with Crippen LogP contribution >= 0.6 is 0 Å². The Morgan fingerprint density at radius 1 is 1.38 bits per heavy atom. The molecule has 0 bridgehead atoms. The zero-order valence-corrected chi connectivity index (χ0v) is 10.4. The molecular weight excluding hydrogens is 196 g/mol. The molecule has 2 nitrogen and oxygen atoms in total. The van der Waals surface area contributed by atoms with Gasteiger partial charge in [-0.3, -0.25) is 0 Å². The summed E-state index contributed by atoms with van der Waals surface area (Å²) in [6.07, 6.45) is 6.14. The first-order chi connectivity index (χ1) is 7.79. The average molecular weight is 218 g/mol. The van der Waals surface area contributed by atoms with Crippen molar-refractivity contribution in [2.45, 2.75) is 46.0 Å². The molecule has 0 radical (unpaired) electrons. The smallest absolute Gasteiger partial charge is 0.129 e. The van der Waals surface area contributed by atoms with Crippen LogP contribution in [0, 0.1) is 5.92 Å². The Balaban J connectivity index is 2.02. The highest BCUT2D eigenvalue weighted by atomic mass is 15.0. The molecule has 88 valence electrons. The summed E-state index contributed by atoms with van der Waals surface area (Å²) in [5.41, 5.74) is 2.63. The molecule has 0 aromatic carbocycles. The fourth-order valence-electron chi connectivity index (χ4n) is 2.26. The van der Waals surface area contributed by atoms with Gasteiger partial charge in [-0.05, 0) is 36.8 Å². The van der Waals surface area contributed by atoms with Gasteiger partial charge in [-0.2, -0.15) is 0 Å². The van der Waals surface area contributed by atoms with Crippen molar-refractivity contribution in [2.24, 2.45) is 5.92 Å². The number of nitrogens with one attached hydrogen (secondary N) is 1. The average Bonchev–Trinajstić information content (AvgIpc) is 2.29. The van der Waals surface area contributed by atoms with Crippen LogP contribution in [0.15, 0.2) is 12.1 Å². The van der Waals surface area contributed by atoms with Gasteiger partial charge in [0, 0.05) is 12.2 Å². The zero-order chi connectivity index (χ0) is 11.4. The van der Waals surface area contributed by atoms with Crippen molar-refractivity contribution >= 4 is 5.82 Å². The normalized spacial score (nSPS) is 19.0. The molecule has 0 fully saturated rings. The predicted molar refractivity (Wildman–Crippen MR) is 68.8 cm³/mol. The van der Waals surface area contributed by atoms with Crippen LogP contribution in [0.25, 0.3) is 0 Å². The van der Waals surface area contributed by atoms with Crippen LogP contribution in [0.2, 0.25) is 0 Å². The Morgan fingerprint density at radius 3 is 3.06 bits per heavy atom. The van der Waals surface area contributed by atoms with Crippen LogP contribution in [0.4, 0.5) is 5.82 Å². The standard InChI is InChI=1S/C14H22N2/c1-3-4-5-6-13-8-7-12-9-11(2)10-15-14(12)16-13/h7-8,11H,3-6,9-10H2,1-2H3,(H,15,16). The molecule has 2 heterocycles. The van der Waals surface area contributed by atoms with Gasteiger partial charge in [-0.15, -0.1) is 0 Å². The number of pyridine rings is 1. The summed E-state index contributed by atoms with van der Waals surface area (Å²) in [4.78, 5) is 4.71. The van der Waals surface area contributed by atoms with Crippen LogP contribution in [-0.2, 0) is 12.8 Å². The van der Waals surface area contributed by atoms with Gasteiger partial charge in [0.2, 0.25) is 0 Å². The highest BCUT2D eigenvalue weighted by Crippen LogP contribution is 2.23. The molecule has 1 aliphatic heterocycles.